The predicted octanol–water partition coefficient (Wildman–Crippen LogP) is 0.776. The fourth-order valence-electron chi connectivity index (χ4n) is 1.75. The number of primary amides is 1. The molecule has 0 spiro atoms. The van der Waals surface area contributed by atoms with Crippen molar-refractivity contribution in [1.29, 1.82) is 0 Å². The molecule has 4 heteroatoms. The number of benzene rings is 1. The van der Waals surface area contributed by atoms with Crippen LogP contribution >= 0.6 is 0 Å². The van der Waals surface area contributed by atoms with Crippen molar-refractivity contribution in [2.45, 2.75) is 12.5 Å². The molecule has 2 rings (SSSR count). The van der Waals surface area contributed by atoms with E-state index in [1.54, 1.807) is 0 Å². The number of carbonyl (C=O) groups is 2. The molecule has 1 aliphatic heterocycles. The zero-order valence-electron chi connectivity index (χ0n) is 8.05. The molecule has 15 heavy (non-hydrogen) atoms. The second kappa shape index (κ2) is 3.73. The number of nitrogens with two attached hydrogens (primary N) is 1. The Morgan fingerprint density at radius 3 is 2.60 bits per heavy atom. The fourth-order valence-corrected chi connectivity index (χ4v) is 1.75. The molecule has 0 bridgehead atoms. The molecule has 0 aromatic heterocycles. The molecule has 2 atom stereocenters. The maximum Gasteiger partial charge on any atom is 0.307 e. The Labute approximate surface area is 87.0 Å². The third-order valence-electron chi connectivity index (χ3n) is 2.50. The average molecular weight is 205 g/mol. The first-order valence-electron chi connectivity index (χ1n) is 4.72. The summed E-state index contributed by atoms with van der Waals surface area (Å²) < 4.78 is 5.08. The highest BCUT2D eigenvalue weighted by molar-refractivity contribution is 5.86. The number of rotatable bonds is 2. The minimum atomic E-state index is -0.542. The molecule has 4 nitrogen and oxygen atoms in total. The van der Waals surface area contributed by atoms with Gasteiger partial charge in [0, 0.05) is 0 Å². The monoisotopic (exact) mass is 205 g/mol. The molecule has 1 saturated heterocycles. The van der Waals surface area contributed by atoms with E-state index >= 15 is 0 Å². The highest BCUT2D eigenvalue weighted by Crippen LogP contribution is 2.34. The topological polar surface area (TPSA) is 69.4 Å². The Balaban J connectivity index is 2.28. The van der Waals surface area contributed by atoms with Crippen LogP contribution in [-0.2, 0) is 14.3 Å². The molecule has 1 aromatic rings. The fraction of sp³-hybridized carbons (Fsp3) is 0.273. The van der Waals surface area contributed by atoms with Gasteiger partial charge in [-0.2, -0.15) is 0 Å². The Hall–Kier alpha value is -1.84. The van der Waals surface area contributed by atoms with Gasteiger partial charge in [-0.25, -0.2) is 0 Å². The second-order valence-electron chi connectivity index (χ2n) is 3.53. The number of ether oxygens (including phenoxy) is 1. The molecule has 2 unspecified atom stereocenters. The van der Waals surface area contributed by atoms with Crippen LogP contribution in [0.2, 0.25) is 0 Å². The van der Waals surface area contributed by atoms with Crippen molar-refractivity contribution in [2.75, 3.05) is 0 Å². The highest BCUT2D eigenvalue weighted by atomic mass is 16.6. The van der Waals surface area contributed by atoms with Crippen LogP contribution in [-0.4, -0.2) is 11.9 Å². The van der Waals surface area contributed by atoms with E-state index in [1.807, 2.05) is 30.3 Å². The van der Waals surface area contributed by atoms with Crippen LogP contribution in [0.5, 0.6) is 0 Å². The van der Waals surface area contributed by atoms with Crippen LogP contribution < -0.4 is 5.73 Å². The van der Waals surface area contributed by atoms with Crippen molar-refractivity contribution in [3.05, 3.63) is 35.9 Å². The molecule has 1 amide bonds. The second-order valence-corrected chi connectivity index (χ2v) is 3.53. The van der Waals surface area contributed by atoms with E-state index in [9.17, 15) is 9.59 Å². The lowest BCUT2D eigenvalue weighted by molar-refractivity contribution is -0.141. The maximum absolute atomic E-state index is 11.1. The summed E-state index contributed by atoms with van der Waals surface area (Å²) in [6.45, 7) is 0. The Bertz CT molecular complexity index is 388. The molecular formula is C11H11NO3. The first-order valence-corrected chi connectivity index (χ1v) is 4.72. The Morgan fingerprint density at radius 1 is 1.33 bits per heavy atom. The first-order chi connectivity index (χ1) is 7.18. The maximum atomic E-state index is 11.1. The number of cyclic esters (lactones) is 1. The molecule has 0 radical (unpaired) electrons. The molecule has 1 aliphatic rings. The summed E-state index contributed by atoms with van der Waals surface area (Å²) in [6, 6.07) is 9.16. The van der Waals surface area contributed by atoms with Crippen LogP contribution in [0.15, 0.2) is 30.3 Å². The lowest BCUT2D eigenvalue weighted by atomic mass is 9.95. The van der Waals surface area contributed by atoms with Crippen LogP contribution in [0.1, 0.15) is 18.1 Å². The SMILES string of the molecule is NC(=O)C1CC(=O)OC1c1ccccc1. The standard InChI is InChI=1S/C11H11NO3/c12-11(14)8-6-9(13)15-10(8)7-4-2-1-3-5-7/h1-5,8,10H,6H2,(H2,12,14). The van der Waals surface area contributed by atoms with Gasteiger partial charge in [0.05, 0.1) is 12.3 Å². The molecular weight excluding hydrogens is 194 g/mol. The molecule has 1 fully saturated rings. The third-order valence-corrected chi connectivity index (χ3v) is 2.50. The minimum Gasteiger partial charge on any atom is -0.457 e. The van der Waals surface area contributed by atoms with Crippen molar-refractivity contribution >= 4 is 11.9 Å². The van der Waals surface area contributed by atoms with E-state index < -0.39 is 17.9 Å². The van der Waals surface area contributed by atoms with Crippen LogP contribution in [0.3, 0.4) is 0 Å². The molecule has 0 aliphatic carbocycles. The van der Waals surface area contributed by atoms with Crippen molar-refractivity contribution in [3.8, 4) is 0 Å². The van der Waals surface area contributed by atoms with Crippen molar-refractivity contribution in [2.24, 2.45) is 11.7 Å². The van der Waals surface area contributed by atoms with Crippen LogP contribution in [0.4, 0.5) is 0 Å². The predicted molar refractivity (Wildman–Crippen MR) is 52.6 cm³/mol. The van der Waals surface area contributed by atoms with Gasteiger partial charge in [0.1, 0.15) is 6.10 Å². The summed E-state index contributed by atoms with van der Waals surface area (Å²) in [5.74, 6) is -1.40. The van der Waals surface area contributed by atoms with E-state index in [4.69, 9.17) is 10.5 Å². The number of amides is 1. The third kappa shape index (κ3) is 1.83. The van der Waals surface area contributed by atoms with E-state index in [0.717, 1.165) is 5.56 Å². The van der Waals surface area contributed by atoms with Gasteiger partial charge >= 0.3 is 5.97 Å². The summed E-state index contributed by atoms with van der Waals surface area (Å²) in [4.78, 5) is 22.2. The van der Waals surface area contributed by atoms with E-state index in [-0.39, 0.29) is 12.4 Å². The van der Waals surface area contributed by atoms with Gasteiger partial charge in [-0.05, 0) is 5.56 Å². The van der Waals surface area contributed by atoms with Gasteiger partial charge in [-0.3, -0.25) is 9.59 Å². The number of carbonyl (C=O) groups excluding carboxylic acids is 2. The van der Waals surface area contributed by atoms with Gasteiger partial charge in [0.2, 0.25) is 5.91 Å². The molecule has 78 valence electrons. The van der Waals surface area contributed by atoms with E-state index in [2.05, 4.69) is 0 Å². The summed E-state index contributed by atoms with van der Waals surface area (Å²) >= 11 is 0. The van der Waals surface area contributed by atoms with Crippen LogP contribution in [0, 0.1) is 5.92 Å². The summed E-state index contributed by atoms with van der Waals surface area (Å²) in [7, 11) is 0. The Morgan fingerprint density at radius 2 is 2.00 bits per heavy atom. The van der Waals surface area contributed by atoms with Crippen molar-refractivity contribution in [1.82, 2.24) is 0 Å². The highest BCUT2D eigenvalue weighted by Gasteiger charge is 2.39. The average Bonchev–Trinajstić information content (AvgIpc) is 2.62. The van der Waals surface area contributed by atoms with E-state index in [0.29, 0.717) is 0 Å². The summed E-state index contributed by atoms with van der Waals surface area (Å²) in [5.41, 5.74) is 6.03. The first kappa shape index (κ1) is 9.71. The molecule has 1 heterocycles. The van der Waals surface area contributed by atoms with Gasteiger partial charge in [0.25, 0.3) is 0 Å². The number of hydrogen-bond donors (Lipinski definition) is 1. The van der Waals surface area contributed by atoms with Gasteiger partial charge in [-0.1, -0.05) is 30.3 Å². The quantitative estimate of drug-likeness (QED) is 0.725. The lowest BCUT2D eigenvalue weighted by Crippen LogP contribution is -2.25. The van der Waals surface area contributed by atoms with Gasteiger partial charge < -0.3 is 10.5 Å². The summed E-state index contributed by atoms with van der Waals surface area (Å²) in [6.07, 6.45) is -0.439. The minimum absolute atomic E-state index is 0.0783. The molecule has 2 N–H and O–H groups in total. The van der Waals surface area contributed by atoms with Crippen molar-refractivity contribution in [3.63, 3.8) is 0 Å². The number of esters is 1. The molecule has 1 aromatic carbocycles. The summed E-state index contributed by atoms with van der Waals surface area (Å²) in [5, 5.41) is 0. The van der Waals surface area contributed by atoms with E-state index in [1.165, 1.54) is 0 Å². The zero-order chi connectivity index (χ0) is 10.8. The Kier molecular flexibility index (Phi) is 2.41. The van der Waals surface area contributed by atoms with Crippen molar-refractivity contribution < 1.29 is 14.3 Å². The largest absolute Gasteiger partial charge is 0.457 e. The smallest absolute Gasteiger partial charge is 0.307 e. The van der Waals surface area contributed by atoms with Gasteiger partial charge in [-0.15, -0.1) is 0 Å². The zero-order valence-corrected chi connectivity index (χ0v) is 8.05. The molecule has 0 saturated carbocycles. The van der Waals surface area contributed by atoms with Crippen LogP contribution in [0.25, 0.3) is 0 Å². The normalized spacial score (nSPS) is 24.9. The number of hydrogen-bond acceptors (Lipinski definition) is 3. The van der Waals surface area contributed by atoms with Gasteiger partial charge in [0.15, 0.2) is 0 Å². The lowest BCUT2D eigenvalue weighted by Gasteiger charge is -2.14.